The number of hydrogen-bond donors (Lipinski definition) is 2. The standard InChI is InChI=1S/C15H23N3S/c1-10-6-4-3-5-7-12(10)18-15-13(14(16)19)11(2)8-9-17-15/h8-10,12H,3-7H2,1-2H3,(H2,16,19)(H,17,18). The number of pyridine rings is 1. The maximum Gasteiger partial charge on any atom is 0.136 e. The molecule has 0 aliphatic heterocycles. The highest BCUT2D eigenvalue weighted by Crippen LogP contribution is 2.27. The van der Waals surface area contributed by atoms with Crippen LogP contribution >= 0.6 is 12.2 Å². The number of rotatable bonds is 3. The lowest BCUT2D eigenvalue weighted by Gasteiger charge is -2.25. The molecular formula is C15H23N3S. The zero-order valence-electron chi connectivity index (χ0n) is 11.8. The molecule has 1 aromatic rings. The van der Waals surface area contributed by atoms with E-state index in [1.54, 1.807) is 0 Å². The Morgan fingerprint density at radius 1 is 1.37 bits per heavy atom. The molecule has 1 fully saturated rings. The molecule has 3 N–H and O–H groups in total. The minimum atomic E-state index is 0.425. The van der Waals surface area contributed by atoms with E-state index in [4.69, 9.17) is 18.0 Å². The molecule has 0 radical (unpaired) electrons. The molecule has 4 heteroatoms. The highest BCUT2D eigenvalue weighted by atomic mass is 32.1. The Morgan fingerprint density at radius 3 is 2.84 bits per heavy atom. The molecule has 1 aliphatic carbocycles. The third-order valence-electron chi connectivity index (χ3n) is 4.09. The third-order valence-corrected chi connectivity index (χ3v) is 4.29. The average Bonchev–Trinajstić information content (AvgIpc) is 2.54. The Hall–Kier alpha value is -1.16. The highest BCUT2D eigenvalue weighted by Gasteiger charge is 2.21. The zero-order valence-corrected chi connectivity index (χ0v) is 12.6. The molecule has 1 heterocycles. The van der Waals surface area contributed by atoms with Crippen LogP contribution in [-0.2, 0) is 0 Å². The molecule has 2 rings (SSSR count). The second kappa shape index (κ2) is 6.33. The molecule has 19 heavy (non-hydrogen) atoms. The summed E-state index contributed by atoms with van der Waals surface area (Å²) >= 11 is 5.16. The van der Waals surface area contributed by atoms with Crippen molar-refractivity contribution in [1.82, 2.24) is 4.98 Å². The molecular weight excluding hydrogens is 254 g/mol. The van der Waals surface area contributed by atoms with Gasteiger partial charge in [-0.2, -0.15) is 0 Å². The summed E-state index contributed by atoms with van der Waals surface area (Å²) in [6, 6.07) is 2.43. The topological polar surface area (TPSA) is 50.9 Å². The summed E-state index contributed by atoms with van der Waals surface area (Å²) in [6.45, 7) is 4.34. The number of thiocarbonyl (C=S) groups is 1. The third kappa shape index (κ3) is 3.44. The Labute approximate surface area is 121 Å². The van der Waals surface area contributed by atoms with Crippen LogP contribution in [0.25, 0.3) is 0 Å². The van der Waals surface area contributed by atoms with Gasteiger partial charge in [0.05, 0.1) is 5.56 Å². The van der Waals surface area contributed by atoms with Crippen LogP contribution in [0.4, 0.5) is 5.82 Å². The van der Waals surface area contributed by atoms with Crippen molar-refractivity contribution in [2.24, 2.45) is 11.7 Å². The van der Waals surface area contributed by atoms with Crippen molar-refractivity contribution in [1.29, 1.82) is 0 Å². The van der Waals surface area contributed by atoms with E-state index >= 15 is 0 Å². The number of hydrogen-bond acceptors (Lipinski definition) is 3. The lowest BCUT2D eigenvalue weighted by atomic mass is 9.96. The lowest BCUT2D eigenvalue weighted by molar-refractivity contribution is 0.455. The normalized spacial score (nSPS) is 23.7. The largest absolute Gasteiger partial charge is 0.389 e. The van der Waals surface area contributed by atoms with Gasteiger partial charge in [-0.15, -0.1) is 0 Å². The van der Waals surface area contributed by atoms with Crippen LogP contribution in [0.1, 0.15) is 50.2 Å². The van der Waals surface area contributed by atoms with Gasteiger partial charge in [-0.1, -0.05) is 38.4 Å². The molecule has 0 saturated heterocycles. The van der Waals surface area contributed by atoms with E-state index in [-0.39, 0.29) is 0 Å². The molecule has 1 aromatic heterocycles. The van der Waals surface area contributed by atoms with Gasteiger partial charge in [0.25, 0.3) is 0 Å². The fourth-order valence-corrected chi connectivity index (χ4v) is 3.12. The molecule has 1 saturated carbocycles. The predicted molar refractivity (Wildman–Crippen MR) is 84.5 cm³/mol. The summed E-state index contributed by atoms with van der Waals surface area (Å²) in [7, 11) is 0. The molecule has 104 valence electrons. The first-order valence-electron chi connectivity index (χ1n) is 7.11. The van der Waals surface area contributed by atoms with E-state index in [0.717, 1.165) is 16.9 Å². The maximum absolute atomic E-state index is 5.84. The summed E-state index contributed by atoms with van der Waals surface area (Å²) in [5, 5.41) is 3.58. The first-order chi connectivity index (χ1) is 9.09. The Morgan fingerprint density at radius 2 is 2.11 bits per heavy atom. The average molecular weight is 277 g/mol. The predicted octanol–water partition coefficient (Wildman–Crippen LogP) is 3.40. The number of aryl methyl sites for hydroxylation is 1. The van der Waals surface area contributed by atoms with Crippen LogP contribution in [0.5, 0.6) is 0 Å². The van der Waals surface area contributed by atoms with Crippen LogP contribution in [0.3, 0.4) is 0 Å². The SMILES string of the molecule is Cc1ccnc(NC2CCCCCC2C)c1C(N)=S. The number of nitrogens with two attached hydrogens (primary N) is 1. The van der Waals surface area contributed by atoms with Crippen molar-refractivity contribution in [3.8, 4) is 0 Å². The summed E-state index contributed by atoms with van der Waals surface area (Å²) < 4.78 is 0. The maximum atomic E-state index is 5.84. The van der Waals surface area contributed by atoms with E-state index < -0.39 is 0 Å². The van der Waals surface area contributed by atoms with E-state index in [9.17, 15) is 0 Å². The second-order valence-electron chi connectivity index (χ2n) is 5.58. The van der Waals surface area contributed by atoms with Gasteiger partial charge >= 0.3 is 0 Å². The second-order valence-corrected chi connectivity index (χ2v) is 6.02. The number of nitrogens with one attached hydrogen (secondary N) is 1. The van der Waals surface area contributed by atoms with Gasteiger partial charge in [-0.25, -0.2) is 4.98 Å². The Balaban J connectivity index is 2.22. The molecule has 0 spiro atoms. The number of aromatic nitrogens is 1. The van der Waals surface area contributed by atoms with E-state index in [2.05, 4.69) is 17.2 Å². The van der Waals surface area contributed by atoms with Gasteiger partial charge in [0.1, 0.15) is 10.8 Å². The van der Waals surface area contributed by atoms with Crippen LogP contribution in [0, 0.1) is 12.8 Å². The fraction of sp³-hybridized carbons (Fsp3) is 0.600. The number of anilines is 1. The molecule has 3 nitrogen and oxygen atoms in total. The highest BCUT2D eigenvalue weighted by molar-refractivity contribution is 7.80. The Bertz CT molecular complexity index is 459. The van der Waals surface area contributed by atoms with Crippen molar-refractivity contribution in [2.45, 2.75) is 52.0 Å². The van der Waals surface area contributed by atoms with Crippen LogP contribution in [0.2, 0.25) is 0 Å². The molecule has 0 aromatic carbocycles. The lowest BCUT2D eigenvalue weighted by Crippen LogP contribution is -2.28. The van der Waals surface area contributed by atoms with Crippen molar-refractivity contribution in [2.75, 3.05) is 5.32 Å². The first-order valence-corrected chi connectivity index (χ1v) is 7.52. The van der Waals surface area contributed by atoms with Crippen LogP contribution in [0.15, 0.2) is 12.3 Å². The minimum Gasteiger partial charge on any atom is -0.389 e. The summed E-state index contributed by atoms with van der Waals surface area (Å²) in [4.78, 5) is 4.87. The van der Waals surface area contributed by atoms with Crippen LogP contribution < -0.4 is 11.1 Å². The molecule has 1 aliphatic rings. The monoisotopic (exact) mass is 277 g/mol. The zero-order chi connectivity index (χ0) is 13.8. The number of nitrogens with zero attached hydrogens (tertiary/aromatic N) is 1. The molecule has 0 amide bonds. The van der Waals surface area contributed by atoms with Crippen molar-refractivity contribution < 1.29 is 0 Å². The smallest absolute Gasteiger partial charge is 0.136 e. The molecule has 2 atom stereocenters. The quantitative estimate of drug-likeness (QED) is 0.657. The summed E-state index contributed by atoms with van der Waals surface area (Å²) in [5.74, 6) is 1.52. The van der Waals surface area contributed by atoms with Gasteiger partial charge in [0.15, 0.2) is 0 Å². The minimum absolute atomic E-state index is 0.425. The van der Waals surface area contributed by atoms with Crippen molar-refractivity contribution in [3.63, 3.8) is 0 Å². The molecule has 2 unspecified atom stereocenters. The van der Waals surface area contributed by atoms with E-state index in [1.165, 1.54) is 32.1 Å². The van der Waals surface area contributed by atoms with E-state index in [1.807, 2.05) is 19.2 Å². The summed E-state index contributed by atoms with van der Waals surface area (Å²) in [6.07, 6.45) is 8.27. The van der Waals surface area contributed by atoms with Gasteiger partial charge in [-0.3, -0.25) is 0 Å². The van der Waals surface area contributed by atoms with Gasteiger partial charge in [0, 0.05) is 12.2 Å². The Kier molecular flexibility index (Phi) is 4.75. The van der Waals surface area contributed by atoms with Gasteiger partial charge in [0.2, 0.25) is 0 Å². The van der Waals surface area contributed by atoms with Crippen molar-refractivity contribution in [3.05, 3.63) is 23.4 Å². The first kappa shape index (κ1) is 14.3. The van der Waals surface area contributed by atoms with Crippen LogP contribution in [-0.4, -0.2) is 16.0 Å². The fourth-order valence-electron chi connectivity index (χ4n) is 2.86. The summed E-state index contributed by atoms with van der Waals surface area (Å²) in [5.41, 5.74) is 7.82. The van der Waals surface area contributed by atoms with Gasteiger partial charge < -0.3 is 11.1 Å². The van der Waals surface area contributed by atoms with Crippen molar-refractivity contribution >= 4 is 23.0 Å². The van der Waals surface area contributed by atoms with Gasteiger partial charge in [-0.05, 0) is 37.3 Å². The van der Waals surface area contributed by atoms with E-state index in [0.29, 0.717) is 16.9 Å². The molecule has 0 bridgehead atoms.